The van der Waals surface area contributed by atoms with Crippen molar-refractivity contribution < 1.29 is 9.53 Å². The molecule has 1 saturated carbocycles. The lowest BCUT2D eigenvalue weighted by Gasteiger charge is -2.47. The highest BCUT2D eigenvalue weighted by atomic mass is 16.5. The number of morpholine rings is 1. The molecule has 5 nitrogen and oxygen atoms in total. The number of nitrogens with one attached hydrogen (secondary N) is 2. The number of hydrogen-bond donors (Lipinski definition) is 2. The number of hydrogen-bond acceptors (Lipinski definition) is 4. The summed E-state index contributed by atoms with van der Waals surface area (Å²) in [7, 11) is 0. The Hall–Kier alpha value is -0.650. The van der Waals surface area contributed by atoms with Gasteiger partial charge in [-0.15, -0.1) is 0 Å². The smallest absolute Gasteiger partial charge is 0.220 e. The Balaban J connectivity index is 1.34. The number of fused-ring (bicyclic) bond motifs is 2. The molecule has 0 aromatic carbocycles. The molecule has 3 saturated heterocycles. The van der Waals surface area contributed by atoms with Gasteiger partial charge in [0.1, 0.15) is 0 Å². The third-order valence-electron chi connectivity index (χ3n) is 7.34. The lowest BCUT2D eigenvalue weighted by Crippen LogP contribution is -2.62. The number of rotatable bonds is 5. The number of nitrogens with zero attached hydrogens (tertiary/aromatic N) is 1. The number of ether oxygens (including phenoxy) is 1. The first kappa shape index (κ1) is 17.7. The standard InChI is InChI=1S/C20H35N3O2/c1-15(20(6-2-3-7-20)23-8-10-25-11-9-23)21-19(24)14-16-12-17-4-5-18(13-16)22-17/h15-18,22H,2-14H2,1H3,(H,21,24). The van der Waals surface area contributed by atoms with E-state index in [-0.39, 0.29) is 17.5 Å². The van der Waals surface area contributed by atoms with E-state index in [9.17, 15) is 4.79 Å². The van der Waals surface area contributed by atoms with Gasteiger partial charge in [0.15, 0.2) is 0 Å². The topological polar surface area (TPSA) is 53.6 Å². The molecule has 3 unspecified atom stereocenters. The zero-order valence-corrected chi connectivity index (χ0v) is 15.8. The van der Waals surface area contributed by atoms with Crippen LogP contribution in [0.1, 0.15) is 64.7 Å². The average molecular weight is 350 g/mol. The summed E-state index contributed by atoms with van der Waals surface area (Å²) in [6.45, 7) is 5.93. The van der Waals surface area contributed by atoms with Crippen LogP contribution in [-0.2, 0) is 9.53 Å². The zero-order chi connectivity index (χ0) is 17.3. The normalized spacial score (nSPS) is 36.3. The minimum atomic E-state index is 0.159. The predicted octanol–water partition coefficient (Wildman–Crippen LogP) is 2.06. The summed E-state index contributed by atoms with van der Waals surface area (Å²) in [6, 6.07) is 1.58. The summed E-state index contributed by atoms with van der Waals surface area (Å²) in [5, 5.41) is 7.09. The van der Waals surface area contributed by atoms with E-state index in [1.165, 1.54) is 51.4 Å². The molecule has 3 aliphatic heterocycles. The van der Waals surface area contributed by atoms with Gasteiger partial charge in [0, 0.05) is 43.2 Å². The first-order valence-electron chi connectivity index (χ1n) is 10.5. The second-order valence-corrected chi connectivity index (χ2v) is 8.88. The minimum absolute atomic E-state index is 0.159. The molecular weight excluding hydrogens is 314 g/mol. The maximum Gasteiger partial charge on any atom is 0.220 e. The van der Waals surface area contributed by atoms with Crippen LogP contribution in [0.4, 0.5) is 0 Å². The molecule has 0 radical (unpaired) electrons. The van der Waals surface area contributed by atoms with Crippen LogP contribution in [-0.4, -0.2) is 60.8 Å². The van der Waals surface area contributed by atoms with Gasteiger partial charge in [-0.2, -0.15) is 0 Å². The Kier molecular flexibility index (Phi) is 5.35. The summed E-state index contributed by atoms with van der Waals surface area (Å²) in [5.41, 5.74) is 0.159. The van der Waals surface area contributed by atoms with Gasteiger partial charge >= 0.3 is 0 Å². The summed E-state index contributed by atoms with van der Waals surface area (Å²) >= 11 is 0. The Morgan fingerprint density at radius 2 is 1.84 bits per heavy atom. The molecule has 0 aromatic heterocycles. The van der Waals surface area contributed by atoms with Gasteiger partial charge < -0.3 is 15.4 Å². The monoisotopic (exact) mass is 349 g/mol. The summed E-state index contributed by atoms with van der Waals surface area (Å²) < 4.78 is 5.56. The van der Waals surface area contributed by atoms with Crippen LogP contribution < -0.4 is 10.6 Å². The molecular formula is C20H35N3O2. The van der Waals surface area contributed by atoms with Crippen molar-refractivity contribution >= 4 is 5.91 Å². The fraction of sp³-hybridized carbons (Fsp3) is 0.950. The first-order valence-corrected chi connectivity index (χ1v) is 10.5. The zero-order valence-electron chi connectivity index (χ0n) is 15.8. The van der Waals surface area contributed by atoms with Crippen molar-refractivity contribution in [1.82, 2.24) is 15.5 Å². The molecule has 5 heteroatoms. The fourth-order valence-electron chi connectivity index (χ4n) is 6.06. The Labute approximate surface area is 152 Å². The van der Waals surface area contributed by atoms with Crippen molar-refractivity contribution in [3.05, 3.63) is 0 Å². The Morgan fingerprint density at radius 1 is 1.20 bits per heavy atom. The van der Waals surface area contributed by atoms with Crippen LogP contribution >= 0.6 is 0 Å². The molecule has 2 N–H and O–H groups in total. The quantitative estimate of drug-likeness (QED) is 0.798. The summed E-state index contributed by atoms with van der Waals surface area (Å²) in [6.07, 6.45) is 10.7. The van der Waals surface area contributed by atoms with Gasteiger partial charge in [-0.3, -0.25) is 9.69 Å². The molecule has 4 fully saturated rings. The molecule has 0 spiro atoms. The third-order valence-corrected chi connectivity index (χ3v) is 7.34. The largest absolute Gasteiger partial charge is 0.379 e. The third kappa shape index (κ3) is 3.74. The summed E-state index contributed by atoms with van der Waals surface area (Å²) in [5.74, 6) is 0.854. The van der Waals surface area contributed by atoms with Crippen LogP contribution in [0.25, 0.3) is 0 Å². The average Bonchev–Trinajstić information content (AvgIpc) is 3.23. The van der Waals surface area contributed by atoms with Crippen LogP contribution in [0.3, 0.4) is 0 Å². The van der Waals surface area contributed by atoms with Crippen molar-refractivity contribution in [1.29, 1.82) is 0 Å². The predicted molar refractivity (Wildman–Crippen MR) is 98.5 cm³/mol. The van der Waals surface area contributed by atoms with E-state index in [1.54, 1.807) is 0 Å². The molecule has 1 aliphatic carbocycles. The van der Waals surface area contributed by atoms with Crippen LogP contribution in [0.2, 0.25) is 0 Å². The van der Waals surface area contributed by atoms with E-state index in [1.807, 2.05) is 0 Å². The molecule has 3 heterocycles. The fourth-order valence-corrected chi connectivity index (χ4v) is 6.06. The van der Waals surface area contributed by atoms with E-state index in [0.29, 0.717) is 18.0 Å². The van der Waals surface area contributed by atoms with Crippen molar-refractivity contribution in [3.63, 3.8) is 0 Å². The van der Waals surface area contributed by atoms with Crippen LogP contribution in [0, 0.1) is 5.92 Å². The number of carbonyl (C=O) groups excluding carboxylic acids is 1. The molecule has 0 aromatic rings. The first-order chi connectivity index (χ1) is 12.2. The van der Waals surface area contributed by atoms with Gasteiger partial charge in [0.25, 0.3) is 0 Å². The lowest BCUT2D eigenvalue weighted by molar-refractivity contribution is -0.124. The highest BCUT2D eigenvalue weighted by molar-refractivity contribution is 5.76. The Bertz CT molecular complexity index is 460. The number of carbonyl (C=O) groups is 1. The van der Waals surface area contributed by atoms with Crippen molar-refractivity contribution in [2.75, 3.05) is 26.3 Å². The van der Waals surface area contributed by atoms with Crippen molar-refractivity contribution in [3.8, 4) is 0 Å². The minimum Gasteiger partial charge on any atom is -0.379 e. The van der Waals surface area contributed by atoms with E-state index < -0.39 is 0 Å². The Morgan fingerprint density at radius 3 is 2.48 bits per heavy atom. The van der Waals surface area contributed by atoms with Gasteiger partial charge in [0.2, 0.25) is 5.91 Å². The van der Waals surface area contributed by atoms with Gasteiger partial charge in [-0.1, -0.05) is 12.8 Å². The van der Waals surface area contributed by atoms with Crippen LogP contribution in [0.15, 0.2) is 0 Å². The highest BCUT2D eigenvalue weighted by Gasteiger charge is 2.45. The molecule has 2 bridgehead atoms. The van der Waals surface area contributed by atoms with Crippen molar-refractivity contribution in [2.45, 2.75) is 88.4 Å². The van der Waals surface area contributed by atoms with Gasteiger partial charge in [0.05, 0.1) is 13.2 Å². The maximum atomic E-state index is 12.8. The highest BCUT2D eigenvalue weighted by Crippen LogP contribution is 2.39. The van der Waals surface area contributed by atoms with Crippen molar-refractivity contribution in [2.24, 2.45) is 5.92 Å². The molecule has 25 heavy (non-hydrogen) atoms. The molecule has 142 valence electrons. The molecule has 4 aliphatic rings. The molecule has 4 rings (SSSR count). The van der Waals surface area contributed by atoms with E-state index in [4.69, 9.17) is 4.74 Å². The van der Waals surface area contributed by atoms with Gasteiger partial charge in [-0.25, -0.2) is 0 Å². The number of piperidine rings is 1. The number of amides is 1. The lowest BCUT2D eigenvalue weighted by atomic mass is 9.85. The SMILES string of the molecule is CC(NC(=O)CC1CC2CCC(C1)N2)C1(N2CCOCC2)CCCC1. The molecule has 1 amide bonds. The maximum absolute atomic E-state index is 12.8. The summed E-state index contributed by atoms with van der Waals surface area (Å²) in [4.78, 5) is 15.4. The second kappa shape index (κ2) is 7.53. The molecule has 3 atom stereocenters. The van der Waals surface area contributed by atoms with E-state index in [0.717, 1.165) is 32.7 Å². The van der Waals surface area contributed by atoms with E-state index in [2.05, 4.69) is 22.5 Å². The second-order valence-electron chi connectivity index (χ2n) is 8.88. The van der Waals surface area contributed by atoms with Crippen LogP contribution in [0.5, 0.6) is 0 Å². The van der Waals surface area contributed by atoms with E-state index >= 15 is 0 Å². The van der Waals surface area contributed by atoms with Gasteiger partial charge in [-0.05, 0) is 51.4 Å².